The fraction of sp³-hybridized carbons (Fsp3) is 0.429. The summed E-state index contributed by atoms with van der Waals surface area (Å²) in [5.41, 5.74) is 2.89. The maximum Gasteiger partial charge on any atom is 0.139 e. The number of rotatable bonds is 5. The number of hydrogen-bond donors (Lipinski definition) is 2. The molecule has 0 aliphatic carbocycles. The average Bonchev–Trinajstić information content (AvgIpc) is 2.64. The molecule has 3 aliphatic rings. The highest BCUT2D eigenvalue weighted by molar-refractivity contribution is 9.10. The van der Waals surface area contributed by atoms with Crippen LogP contribution in [0.5, 0.6) is 0 Å². The molecule has 24 heavy (non-hydrogen) atoms. The van der Waals surface area contributed by atoms with E-state index in [4.69, 9.17) is 0 Å². The molecule has 0 saturated carbocycles. The third-order valence-corrected chi connectivity index (χ3v) is 6.47. The Bertz CT molecular complexity index is 647. The Morgan fingerprint density at radius 2 is 1.71 bits per heavy atom. The Kier molecular flexibility index (Phi) is 5.02. The van der Waals surface area contributed by atoms with Crippen molar-refractivity contribution >= 4 is 15.9 Å². The fourth-order valence-electron chi connectivity index (χ4n) is 4.58. The minimum atomic E-state index is 0.519. The van der Waals surface area contributed by atoms with E-state index in [1.54, 1.807) is 0 Å². The molecule has 0 amide bonds. The summed E-state index contributed by atoms with van der Waals surface area (Å²) < 4.78 is 1.16. The zero-order chi connectivity index (χ0) is 16.4. The molecule has 3 heteroatoms. The van der Waals surface area contributed by atoms with Crippen molar-refractivity contribution in [1.29, 1.82) is 0 Å². The van der Waals surface area contributed by atoms with E-state index in [1.807, 2.05) is 4.90 Å². The van der Waals surface area contributed by atoms with Crippen LogP contribution in [0.15, 0.2) is 59.1 Å². The first-order chi connectivity index (χ1) is 11.8. The van der Waals surface area contributed by atoms with Gasteiger partial charge in [-0.3, -0.25) is 0 Å². The molecule has 0 radical (unpaired) electrons. The van der Waals surface area contributed by atoms with Crippen LogP contribution in [0.2, 0.25) is 0 Å². The molecule has 2 atom stereocenters. The van der Waals surface area contributed by atoms with Crippen LogP contribution >= 0.6 is 15.9 Å². The lowest BCUT2D eigenvalue weighted by Crippen LogP contribution is -3.20. The molecule has 3 heterocycles. The van der Waals surface area contributed by atoms with Gasteiger partial charge in [-0.25, -0.2) is 0 Å². The Labute approximate surface area is 153 Å². The molecular weight excluding hydrogens is 360 g/mol. The van der Waals surface area contributed by atoms with Gasteiger partial charge in [0.05, 0.1) is 13.1 Å². The molecule has 5 rings (SSSR count). The summed E-state index contributed by atoms with van der Waals surface area (Å²) in [6.07, 6.45) is 3.96. The standard InChI is InChI=1S/C21H25BrN2/c22-19-8-6-17(7-9-19)20(14-16-4-2-1-3-5-16)23-21-15-24-12-10-18(21)11-13-24/h1-9,18,20-21,23H,10-15H2/p+2/t20-,21-/m0/s1. The van der Waals surface area contributed by atoms with Crippen LogP contribution in [-0.4, -0.2) is 25.7 Å². The first kappa shape index (κ1) is 16.3. The number of benzene rings is 2. The Hall–Kier alpha value is -1.16. The van der Waals surface area contributed by atoms with Gasteiger partial charge in [-0.05, 0) is 17.7 Å². The van der Waals surface area contributed by atoms with E-state index in [0.717, 1.165) is 22.9 Å². The lowest BCUT2D eigenvalue weighted by Gasteiger charge is -2.41. The molecule has 3 N–H and O–H groups in total. The smallest absolute Gasteiger partial charge is 0.139 e. The van der Waals surface area contributed by atoms with E-state index >= 15 is 0 Å². The van der Waals surface area contributed by atoms with Gasteiger partial charge in [0.15, 0.2) is 0 Å². The number of fused-ring (bicyclic) bond motifs is 3. The highest BCUT2D eigenvalue weighted by Gasteiger charge is 2.41. The van der Waals surface area contributed by atoms with Gasteiger partial charge in [-0.15, -0.1) is 0 Å². The largest absolute Gasteiger partial charge is 0.332 e. The van der Waals surface area contributed by atoms with E-state index in [9.17, 15) is 0 Å². The van der Waals surface area contributed by atoms with Crippen LogP contribution < -0.4 is 10.2 Å². The quantitative estimate of drug-likeness (QED) is 0.783. The Morgan fingerprint density at radius 1 is 1.00 bits per heavy atom. The molecule has 126 valence electrons. The minimum absolute atomic E-state index is 0.519. The third kappa shape index (κ3) is 3.74. The van der Waals surface area contributed by atoms with Gasteiger partial charge in [0.25, 0.3) is 0 Å². The van der Waals surface area contributed by atoms with Crippen molar-refractivity contribution in [3.63, 3.8) is 0 Å². The molecule has 2 nitrogen and oxygen atoms in total. The van der Waals surface area contributed by atoms with Crippen molar-refractivity contribution in [3.8, 4) is 0 Å². The number of halogens is 1. The Morgan fingerprint density at radius 3 is 2.33 bits per heavy atom. The van der Waals surface area contributed by atoms with E-state index in [2.05, 4.69) is 75.8 Å². The van der Waals surface area contributed by atoms with Crippen LogP contribution in [-0.2, 0) is 6.42 Å². The van der Waals surface area contributed by atoms with Crippen LogP contribution in [0, 0.1) is 5.92 Å². The van der Waals surface area contributed by atoms with Crippen molar-refractivity contribution in [2.45, 2.75) is 31.3 Å². The first-order valence-electron chi connectivity index (χ1n) is 9.26. The molecule has 3 fully saturated rings. The molecule has 0 unspecified atom stereocenters. The van der Waals surface area contributed by atoms with Gasteiger partial charge >= 0.3 is 0 Å². The summed E-state index contributed by atoms with van der Waals surface area (Å²) in [5.74, 6) is 0.927. The van der Waals surface area contributed by atoms with Gasteiger partial charge in [0.2, 0.25) is 0 Å². The molecular formula is C21H27BrN2+2. The van der Waals surface area contributed by atoms with Gasteiger partial charge in [-0.2, -0.15) is 0 Å². The number of hydrogen-bond acceptors (Lipinski definition) is 0. The highest BCUT2D eigenvalue weighted by Crippen LogP contribution is 2.21. The molecule has 2 aromatic rings. The topological polar surface area (TPSA) is 21.1 Å². The second kappa shape index (κ2) is 7.38. The van der Waals surface area contributed by atoms with Crippen LogP contribution in [0.4, 0.5) is 0 Å². The maximum atomic E-state index is 3.57. The van der Waals surface area contributed by atoms with Crippen molar-refractivity contribution in [2.24, 2.45) is 5.92 Å². The third-order valence-electron chi connectivity index (χ3n) is 5.94. The van der Waals surface area contributed by atoms with E-state index in [0.29, 0.717) is 6.04 Å². The number of quaternary nitrogens is 2. The van der Waals surface area contributed by atoms with Crippen LogP contribution in [0.3, 0.4) is 0 Å². The SMILES string of the molecule is Brc1ccc([C@H](Cc2ccccc2)[NH2+][C@H]2C[NH+]3CCC2CC3)cc1. The minimum Gasteiger partial charge on any atom is -0.332 e. The maximum absolute atomic E-state index is 3.57. The van der Waals surface area contributed by atoms with E-state index < -0.39 is 0 Å². The highest BCUT2D eigenvalue weighted by atomic mass is 79.9. The lowest BCUT2D eigenvalue weighted by molar-refractivity contribution is -0.945. The first-order valence-corrected chi connectivity index (χ1v) is 10.0. The van der Waals surface area contributed by atoms with Crippen LogP contribution in [0.1, 0.15) is 30.0 Å². The summed E-state index contributed by atoms with van der Waals surface area (Å²) in [6, 6.07) is 21.2. The second-order valence-corrected chi connectivity index (χ2v) is 8.41. The summed E-state index contributed by atoms with van der Waals surface area (Å²) in [4.78, 5) is 1.83. The second-order valence-electron chi connectivity index (χ2n) is 7.50. The van der Waals surface area contributed by atoms with Crippen molar-refractivity contribution in [3.05, 3.63) is 70.2 Å². The zero-order valence-corrected chi connectivity index (χ0v) is 15.7. The number of piperidine rings is 3. The molecule has 2 bridgehead atoms. The molecule has 0 aromatic heterocycles. The van der Waals surface area contributed by atoms with Crippen LogP contribution in [0.25, 0.3) is 0 Å². The summed E-state index contributed by atoms with van der Waals surface area (Å²) in [7, 11) is 0. The average molecular weight is 387 g/mol. The van der Waals surface area contributed by atoms with Gasteiger partial charge < -0.3 is 10.2 Å². The summed E-state index contributed by atoms with van der Waals surface area (Å²) in [5, 5.41) is 2.69. The zero-order valence-electron chi connectivity index (χ0n) is 14.1. The van der Waals surface area contributed by atoms with Gasteiger partial charge in [0, 0.05) is 35.2 Å². The van der Waals surface area contributed by atoms with Crippen molar-refractivity contribution < 1.29 is 10.2 Å². The summed E-state index contributed by atoms with van der Waals surface area (Å²) in [6.45, 7) is 4.15. The van der Waals surface area contributed by atoms with E-state index in [1.165, 1.54) is 43.6 Å². The normalized spacial score (nSPS) is 27.1. The number of nitrogens with one attached hydrogen (secondary N) is 1. The molecule has 0 spiro atoms. The summed E-state index contributed by atoms with van der Waals surface area (Å²) >= 11 is 3.57. The lowest BCUT2D eigenvalue weighted by atomic mass is 9.83. The van der Waals surface area contributed by atoms with Gasteiger partial charge in [-0.1, -0.05) is 58.4 Å². The number of nitrogens with two attached hydrogens (primary N) is 1. The predicted molar refractivity (Wildman–Crippen MR) is 101 cm³/mol. The molecule has 3 aliphatic heterocycles. The molecule has 2 aromatic carbocycles. The van der Waals surface area contributed by atoms with Crippen molar-refractivity contribution in [2.75, 3.05) is 19.6 Å². The van der Waals surface area contributed by atoms with E-state index in [-0.39, 0.29) is 0 Å². The molecule has 3 saturated heterocycles. The van der Waals surface area contributed by atoms with Gasteiger partial charge in [0.1, 0.15) is 18.6 Å². The predicted octanol–water partition coefficient (Wildman–Crippen LogP) is 1.97. The Balaban J connectivity index is 1.54. The monoisotopic (exact) mass is 386 g/mol. The van der Waals surface area contributed by atoms with Crippen molar-refractivity contribution in [1.82, 2.24) is 0 Å². The fourth-order valence-corrected chi connectivity index (χ4v) is 4.84.